The number of ether oxygens (including phenoxy) is 1. The van der Waals surface area contributed by atoms with Crippen molar-refractivity contribution in [3.63, 3.8) is 0 Å². The molecule has 6 nitrogen and oxygen atoms in total. The molecule has 2 heterocycles. The van der Waals surface area contributed by atoms with Gasteiger partial charge in [-0.1, -0.05) is 30.3 Å². The zero-order chi connectivity index (χ0) is 16.8. The molecule has 0 aliphatic heterocycles. The van der Waals surface area contributed by atoms with E-state index in [2.05, 4.69) is 20.1 Å². The molecule has 3 aromatic rings. The number of furan rings is 1. The van der Waals surface area contributed by atoms with Gasteiger partial charge >= 0.3 is 0 Å². The monoisotopic (exact) mass is 324 g/mol. The highest BCUT2D eigenvalue weighted by atomic mass is 16.5. The van der Waals surface area contributed by atoms with Crippen LogP contribution in [0.4, 0.5) is 0 Å². The lowest BCUT2D eigenvalue weighted by molar-refractivity contribution is 0.273. The molecule has 0 N–H and O–H groups in total. The molecule has 2 aromatic heterocycles. The summed E-state index contributed by atoms with van der Waals surface area (Å²) < 4.78 is 11.2. The number of hydrogen-bond acceptors (Lipinski definition) is 6. The first-order valence-electron chi connectivity index (χ1n) is 7.85. The fraction of sp³-hybridized carbons (Fsp3) is 0.278. The highest BCUT2D eigenvalue weighted by Gasteiger charge is 2.15. The van der Waals surface area contributed by atoms with Crippen LogP contribution in [0.1, 0.15) is 6.42 Å². The molecule has 0 fully saturated rings. The van der Waals surface area contributed by atoms with E-state index in [1.165, 1.54) is 0 Å². The third kappa shape index (κ3) is 3.97. The Kier molecular flexibility index (Phi) is 5.18. The van der Waals surface area contributed by atoms with Crippen molar-refractivity contribution in [1.29, 1.82) is 0 Å². The summed E-state index contributed by atoms with van der Waals surface area (Å²) >= 11 is 0. The number of rotatable bonds is 7. The minimum absolute atomic E-state index is 0.419. The van der Waals surface area contributed by atoms with Crippen LogP contribution in [0.3, 0.4) is 0 Å². The molecule has 0 bridgehead atoms. The Morgan fingerprint density at radius 1 is 1.04 bits per heavy atom. The van der Waals surface area contributed by atoms with Gasteiger partial charge in [-0.2, -0.15) is 4.98 Å². The topological polar surface area (TPSA) is 64.3 Å². The molecular formula is C18H20N4O2. The Hall–Kier alpha value is -2.73. The first-order chi connectivity index (χ1) is 11.7. The van der Waals surface area contributed by atoms with E-state index in [4.69, 9.17) is 9.15 Å². The van der Waals surface area contributed by atoms with Crippen molar-refractivity contribution in [2.45, 2.75) is 6.42 Å². The summed E-state index contributed by atoms with van der Waals surface area (Å²) in [6.45, 7) is 1.51. The lowest BCUT2D eigenvalue weighted by atomic mass is 10.1. The average molecular weight is 324 g/mol. The largest absolute Gasteiger partial charge is 0.476 e. The van der Waals surface area contributed by atoms with Crippen molar-refractivity contribution in [2.75, 3.05) is 27.2 Å². The first kappa shape index (κ1) is 16.1. The van der Waals surface area contributed by atoms with Crippen LogP contribution >= 0.6 is 0 Å². The maximum atomic E-state index is 5.90. The van der Waals surface area contributed by atoms with Crippen LogP contribution in [0, 0.1) is 0 Å². The van der Waals surface area contributed by atoms with E-state index in [0.717, 1.165) is 18.5 Å². The SMILES string of the molecule is CN(C)CCCOc1nc(-c2ccco2)nnc1-c1ccccc1. The molecule has 124 valence electrons. The van der Waals surface area contributed by atoms with E-state index in [9.17, 15) is 0 Å². The number of aromatic nitrogens is 3. The minimum Gasteiger partial charge on any atom is -0.476 e. The summed E-state index contributed by atoms with van der Waals surface area (Å²) in [5.74, 6) is 1.46. The Morgan fingerprint density at radius 2 is 1.88 bits per heavy atom. The predicted molar refractivity (Wildman–Crippen MR) is 91.6 cm³/mol. The van der Waals surface area contributed by atoms with Gasteiger partial charge < -0.3 is 14.1 Å². The van der Waals surface area contributed by atoms with Gasteiger partial charge in [0.05, 0.1) is 12.9 Å². The van der Waals surface area contributed by atoms with Crippen LogP contribution in [-0.2, 0) is 0 Å². The van der Waals surface area contributed by atoms with E-state index >= 15 is 0 Å². The Labute approximate surface area is 141 Å². The molecule has 6 heteroatoms. The van der Waals surface area contributed by atoms with E-state index < -0.39 is 0 Å². The van der Waals surface area contributed by atoms with Gasteiger partial charge in [0.1, 0.15) is 0 Å². The summed E-state index contributed by atoms with van der Waals surface area (Å²) in [5, 5.41) is 8.48. The standard InChI is InChI=1S/C18H20N4O2/c1-22(2)11-7-13-24-18-16(14-8-4-3-5-9-14)20-21-17(19-18)15-10-6-12-23-15/h3-6,8-10,12H,7,11,13H2,1-2H3. The van der Waals surface area contributed by atoms with Gasteiger partial charge in [0.2, 0.25) is 11.7 Å². The highest BCUT2D eigenvalue weighted by molar-refractivity contribution is 5.64. The van der Waals surface area contributed by atoms with E-state index in [1.54, 1.807) is 18.4 Å². The molecule has 0 radical (unpaired) electrons. The molecule has 24 heavy (non-hydrogen) atoms. The molecule has 0 spiro atoms. The lowest BCUT2D eigenvalue weighted by Gasteiger charge is -2.12. The molecule has 0 aliphatic carbocycles. The van der Waals surface area contributed by atoms with Crippen molar-refractivity contribution in [2.24, 2.45) is 0 Å². The molecular weight excluding hydrogens is 304 g/mol. The summed E-state index contributed by atoms with van der Waals surface area (Å²) in [6, 6.07) is 13.4. The second kappa shape index (κ2) is 7.70. The molecule has 0 saturated heterocycles. The minimum atomic E-state index is 0.419. The third-order valence-corrected chi connectivity index (χ3v) is 3.43. The van der Waals surface area contributed by atoms with Crippen LogP contribution in [0.15, 0.2) is 53.1 Å². The van der Waals surface area contributed by atoms with Gasteiger partial charge in [-0.3, -0.25) is 0 Å². The van der Waals surface area contributed by atoms with Crippen molar-refractivity contribution in [1.82, 2.24) is 20.1 Å². The zero-order valence-electron chi connectivity index (χ0n) is 13.8. The summed E-state index contributed by atoms with van der Waals surface area (Å²) in [7, 11) is 4.08. The van der Waals surface area contributed by atoms with Crippen LogP contribution in [0.2, 0.25) is 0 Å². The summed E-state index contributed by atoms with van der Waals surface area (Å²) in [4.78, 5) is 6.62. The molecule has 0 unspecified atom stereocenters. The van der Waals surface area contributed by atoms with Gasteiger partial charge in [-0.05, 0) is 32.6 Å². The first-order valence-corrected chi connectivity index (χ1v) is 7.85. The van der Waals surface area contributed by atoms with Gasteiger partial charge in [-0.25, -0.2) is 0 Å². The van der Waals surface area contributed by atoms with E-state index in [0.29, 0.717) is 29.8 Å². The molecule has 3 rings (SSSR count). The van der Waals surface area contributed by atoms with Crippen molar-refractivity contribution in [3.05, 3.63) is 48.7 Å². The van der Waals surface area contributed by atoms with E-state index in [-0.39, 0.29) is 0 Å². The Bertz CT molecular complexity index is 758. The van der Waals surface area contributed by atoms with Gasteiger partial charge in [0.25, 0.3) is 0 Å². The Morgan fingerprint density at radius 3 is 2.58 bits per heavy atom. The van der Waals surface area contributed by atoms with Crippen LogP contribution < -0.4 is 4.74 Å². The summed E-state index contributed by atoms with van der Waals surface area (Å²) in [6.07, 6.45) is 2.49. The molecule has 0 saturated carbocycles. The smallest absolute Gasteiger partial charge is 0.244 e. The normalized spacial score (nSPS) is 11.0. The maximum absolute atomic E-state index is 5.90. The second-order valence-corrected chi connectivity index (χ2v) is 5.64. The summed E-state index contributed by atoms with van der Waals surface area (Å²) in [5.41, 5.74) is 1.56. The fourth-order valence-corrected chi connectivity index (χ4v) is 2.25. The lowest BCUT2D eigenvalue weighted by Crippen LogP contribution is -2.16. The quantitative estimate of drug-likeness (QED) is 0.622. The van der Waals surface area contributed by atoms with Gasteiger partial charge in [0, 0.05) is 12.1 Å². The number of benzene rings is 1. The number of nitrogens with zero attached hydrogens (tertiary/aromatic N) is 4. The van der Waals surface area contributed by atoms with Crippen molar-refractivity contribution in [3.8, 4) is 28.7 Å². The third-order valence-electron chi connectivity index (χ3n) is 3.43. The highest BCUT2D eigenvalue weighted by Crippen LogP contribution is 2.27. The van der Waals surface area contributed by atoms with Crippen LogP contribution in [0.25, 0.3) is 22.8 Å². The zero-order valence-corrected chi connectivity index (χ0v) is 13.8. The predicted octanol–water partition coefficient (Wildman–Crippen LogP) is 3.13. The van der Waals surface area contributed by atoms with Gasteiger partial charge in [-0.15, -0.1) is 10.2 Å². The molecule has 0 amide bonds. The second-order valence-electron chi connectivity index (χ2n) is 5.64. The van der Waals surface area contributed by atoms with Crippen molar-refractivity contribution < 1.29 is 9.15 Å². The molecule has 0 aliphatic rings. The fourth-order valence-electron chi connectivity index (χ4n) is 2.25. The van der Waals surface area contributed by atoms with Crippen LogP contribution in [0.5, 0.6) is 5.88 Å². The van der Waals surface area contributed by atoms with E-state index in [1.807, 2.05) is 44.4 Å². The molecule has 1 aromatic carbocycles. The Balaban J connectivity index is 1.87. The van der Waals surface area contributed by atoms with Gasteiger partial charge in [0.15, 0.2) is 11.5 Å². The average Bonchev–Trinajstić information content (AvgIpc) is 3.14. The van der Waals surface area contributed by atoms with Crippen molar-refractivity contribution >= 4 is 0 Å². The molecule has 0 atom stereocenters. The maximum Gasteiger partial charge on any atom is 0.244 e. The number of hydrogen-bond donors (Lipinski definition) is 0. The van der Waals surface area contributed by atoms with Crippen LogP contribution in [-0.4, -0.2) is 47.3 Å².